The molecule has 1 aromatic carbocycles. The van der Waals surface area contributed by atoms with Crippen LogP contribution in [0.25, 0.3) is 0 Å². The molecule has 0 saturated heterocycles. The Morgan fingerprint density at radius 1 is 1.19 bits per heavy atom. The number of halogens is 1. The Bertz CT molecular complexity index is 406. The molecule has 120 valence electrons. The monoisotopic (exact) mass is 354 g/mol. The van der Waals surface area contributed by atoms with E-state index >= 15 is 0 Å². The molecule has 1 N–H and O–H groups in total. The summed E-state index contributed by atoms with van der Waals surface area (Å²) in [5.41, 5.74) is 1.37. The van der Waals surface area contributed by atoms with Crippen LogP contribution in [0.2, 0.25) is 0 Å². The van der Waals surface area contributed by atoms with Gasteiger partial charge >= 0.3 is 0 Å². The average molecular weight is 355 g/mol. The fourth-order valence-corrected chi connectivity index (χ4v) is 3.35. The fourth-order valence-electron chi connectivity index (χ4n) is 2.79. The molecule has 2 nitrogen and oxygen atoms in total. The predicted molar refractivity (Wildman–Crippen MR) is 96.7 cm³/mol. The second kappa shape index (κ2) is 9.60. The molecule has 0 amide bonds. The minimum absolute atomic E-state index is 0.416. The van der Waals surface area contributed by atoms with Crippen molar-refractivity contribution in [2.24, 2.45) is 5.92 Å². The van der Waals surface area contributed by atoms with E-state index in [0.29, 0.717) is 12.1 Å². The van der Waals surface area contributed by atoms with Gasteiger partial charge in [0.05, 0.1) is 0 Å². The van der Waals surface area contributed by atoms with Crippen molar-refractivity contribution >= 4 is 15.9 Å². The molecule has 0 aliphatic heterocycles. The SMILES string of the molecule is CCNC(CCN(C)C(C)CC(C)C)c1ccccc1Br. The number of hydrogen-bond acceptors (Lipinski definition) is 2. The molecule has 0 aliphatic carbocycles. The lowest BCUT2D eigenvalue weighted by molar-refractivity contribution is 0.217. The van der Waals surface area contributed by atoms with Crippen molar-refractivity contribution in [1.29, 1.82) is 0 Å². The zero-order valence-electron chi connectivity index (χ0n) is 14.2. The Morgan fingerprint density at radius 2 is 1.86 bits per heavy atom. The fraction of sp³-hybridized carbons (Fsp3) is 0.667. The first-order valence-corrected chi connectivity index (χ1v) is 8.93. The van der Waals surface area contributed by atoms with E-state index < -0.39 is 0 Å². The lowest BCUT2D eigenvalue weighted by Gasteiger charge is -2.28. The van der Waals surface area contributed by atoms with Crippen LogP contribution >= 0.6 is 15.9 Å². The van der Waals surface area contributed by atoms with Crippen molar-refractivity contribution in [3.63, 3.8) is 0 Å². The molecule has 1 aromatic rings. The van der Waals surface area contributed by atoms with E-state index in [2.05, 4.69) is 85.2 Å². The van der Waals surface area contributed by atoms with Gasteiger partial charge in [-0.3, -0.25) is 0 Å². The predicted octanol–water partition coefficient (Wildman–Crippen LogP) is 4.86. The van der Waals surface area contributed by atoms with Gasteiger partial charge in [-0.1, -0.05) is 54.9 Å². The highest BCUT2D eigenvalue weighted by atomic mass is 79.9. The minimum Gasteiger partial charge on any atom is -0.310 e. The molecule has 0 spiro atoms. The molecule has 0 aliphatic rings. The summed E-state index contributed by atoms with van der Waals surface area (Å²) in [6.07, 6.45) is 2.40. The van der Waals surface area contributed by atoms with Crippen molar-refractivity contribution in [2.75, 3.05) is 20.1 Å². The van der Waals surface area contributed by atoms with Gasteiger partial charge in [0, 0.05) is 16.6 Å². The van der Waals surface area contributed by atoms with Gasteiger partial charge in [-0.25, -0.2) is 0 Å². The highest BCUT2D eigenvalue weighted by Crippen LogP contribution is 2.26. The normalized spacial score (nSPS) is 14.7. The summed E-state index contributed by atoms with van der Waals surface area (Å²) in [6, 6.07) is 9.61. The zero-order valence-corrected chi connectivity index (χ0v) is 15.8. The van der Waals surface area contributed by atoms with Crippen molar-refractivity contribution in [3.8, 4) is 0 Å². The van der Waals surface area contributed by atoms with Crippen molar-refractivity contribution in [3.05, 3.63) is 34.3 Å². The van der Waals surface area contributed by atoms with E-state index in [1.165, 1.54) is 16.5 Å². The van der Waals surface area contributed by atoms with Gasteiger partial charge < -0.3 is 10.2 Å². The van der Waals surface area contributed by atoms with Crippen LogP contribution in [0, 0.1) is 5.92 Å². The summed E-state index contributed by atoms with van der Waals surface area (Å²) in [4.78, 5) is 2.49. The molecule has 0 aromatic heterocycles. The number of hydrogen-bond donors (Lipinski definition) is 1. The third kappa shape index (κ3) is 6.50. The summed E-state index contributed by atoms with van der Waals surface area (Å²) in [5, 5.41) is 3.62. The molecule has 0 heterocycles. The Labute approximate surface area is 139 Å². The van der Waals surface area contributed by atoms with E-state index in [1.807, 2.05) is 0 Å². The van der Waals surface area contributed by atoms with E-state index in [1.54, 1.807) is 0 Å². The van der Waals surface area contributed by atoms with Crippen molar-refractivity contribution in [2.45, 2.75) is 52.6 Å². The Hall–Kier alpha value is -0.380. The Kier molecular flexibility index (Phi) is 8.53. The maximum Gasteiger partial charge on any atom is 0.0343 e. The maximum absolute atomic E-state index is 3.68. The van der Waals surface area contributed by atoms with Gasteiger partial charge in [0.1, 0.15) is 0 Å². The molecule has 21 heavy (non-hydrogen) atoms. The van der Waals surface area contributed by atoms with Gasteiger partial charge in [-0.05, 0) is 57.5 Å². The summed E-state index contributed by atoms with van der Waals surface area (Å²) >= 11 is 3.68. The van der Waals surface area contributed by atoms with Crippen LogP contribution in [0.5, 0.6) is 0 Å². The standard InChI is InChI=1S/C18H31BrN2/c1-6-20-18(16-9-7-8-10-17(16)19)11-12-21(5)15(4)13-14(2)3/h7-10,14-15,18,20H,6,11-13H2,1-5H3. The van der Waals surface area contributed by atoms with Crippen LogP contribution < -0.4 is 5.32 Å². The first-order valence-electron chi connectivity index (χ1n) is 8.13. The number of rotatable bonds is 9. The van der Waals surface area contributed by atoms with Crippen LogP contribution in [0.3, 0.4) is 0 Å². The second-order valence-electron chi connectivity index (χ2n) is 6.38. The summed E-state index contributed by atoms with van der Waals surface area (Å²) in [6.45, 7) is 11.2. The number of benzene rings is 1. The molecule has 0 fully saturated rings. The van der Waals surface area contributed by atoms with E-state index in [4.69, 9.17) is 0 Å². The first kappa shape index (κ1) is 18.7. The minimum atomic E-state index is 0.416. The molecule has 0 bridgehead atoms. The highest BCUT2D eigenvalue weighted by molar-refractivity contribution is 9.10. The van der Waals surface area contributed by atoms with Crippen LogP contribution in [-0.2, 0) is 0 Å². The van der Waals surface area contributed by atoms with Gasteiger partial charge in [-0.2, -0.15) is 0 Å². The number of nitrogens with zero attached hydrogens (tertiary/aromatic N) is 1. The maximum atomic E-state index is 3.68. The second-order valence-corrected chi connectivity index (χ2v) is 7.23. The molecule has 2 atom stereocenters. The third-order valence-corrected chi connectivity index (χ3v) is 4.79. The molecule has 0 saturated carbocycles. The number of nitrogens with one attached hydrogen (secondary N) is 1. The Balaban J connectivity index is 2.61. The average Bonchev–Trinajstić information content (AvgIpc) is 2.43. The smallest absolute Gasteiger partial charge is 0.0343 e. The van der Waals surface area contributed by atoms with Gasteiger partial charge in [0.25, 0.3) is 0 Å². The van der Waals surface area contributed by atoms with Gasteiger partial charge in [-0.15, -0.1) is 0 Å². The molecular weight excluding hydrogens is 324 g/mol. The molecule has 2 unspecified atom stereocenters. The van der Waals surface area contributed by atoms with E-state index in [0.717, 1.165) is 25.4 Å². The zero-order chi connectivity index (χ0) is 15.8. The van der Waals surface area contributed by atoms with Crippen molar-refractivity contribution < 1.29 is 0 Å². The van der Waals surface area contributed by atoms with Crippen LogP contribution in [0.15, 0.2) is 28.7 Å². The quantitative estimate of drug-likeness (QED) is 0.681. The van der Waals surface area contributed by atoms with Crippen LogP contribution in [0.4, 0.5) is 0 Å². The molecule has 1 rings (SSSR count). The third-order valence-electron chi connectivity index (χ3n) is 4.07. The molecular formula is C18H31BrN2. The Morgan fingerprint density at radius 3 is 2.43 bits per heavy atom. The van der Waals surface area contributed by atoms with Gasteiger partial charge in [0.15, 0.2) is 0 Å². The molecule has 0 radical (unpaired) electrons. The van der Waals surface area contributed by atoms with Crippen molar-refractivity contribution in [1.82, 2.24) is 10.2 Å². The molecule has 3 heteroatoms. The summed E-state index contributed by atoms with van der Waals surface area (Å²) in [5.74, 6) is 0.760. The lowest BCUT2D eigenvalue weighted by atomic mass is 10.0. The lowest BCUT2D eigenvalue weighted by Crippen LogP contribution is -2.33. The van der Waals surface area contributed by atoms with E-state index in [9.17, 15) is 0 Å². The van der Waals surface area contributed by atoms with Gasteiger partial charge in [0.2, 0.25) is 0 Å². The summed E-state index contributed by atoms with van der Waals surface area (Å²) in [7, 11) is 2.25. The van der Waals surface area contributed by atoms with Crippen LogP contribution in [0.1, 0.15) is 52.1 Å². The topological polar surface area (TPSA) is 15.3 Å². The first-order chi connectivity index (χ1) is 9.95. The highest BCUT2D eigenvalue weighted by Gasteiger charge is 2.16. The van der Waals surface area contributed by atoms with Crippen LogP contribution in [-0.4, -0.2) is 31.1 Å². The summed E-state index contributed by atoms with van der Waals surface area (Å²) < 4.78 is 1.20. The van der Waals surface area contributed by atoms with E-state index in [-0.39, 0.29) is 0 Å². The largest absolute Gasteiger partial charge is 0.310 e.